The highest BCUT2D eigenvalue weighted by molar-refractivity contribution is 5.33. The van der Waals surface area contributed by atoms with E-state index in [-0.39, 0.29) is 0 Å². The number of nitrogens with zero attached hydrogens (tertiary/aromatic N) is 3. The van der Waals surface area contributed by atoms with Crippen LogP contribution in [0.1, 0.15) is 18.4 Å². The highest BCUT2D eigenvalue weighted by atomic mass is 16.3. The Balaban J connectivity index is 1.76. The number of hydrogen-bond acceptors (Lipinski definition) is 5. The van der Waals surface area contributed by atoms with Gasteiger partial charge >= 0.3 is 0 Å². The lowest BCUT2D eigenvalue weighted by Gasteiger charge is -2.27. The van der Waals surface area contributed by atoms with Crippen molar-refractivity contribution in [3.8, 4) is 0 Å². The van der Waals surface area contributed by atoms with Gasteiger partial charge in [-0.05, 0) is 12.8 Å². The average molecular weight is 220 g/mol. The van der Waals surface area contributed by atoms with E-state index in [0.717, 1.165) is 50.5 Å². The Kier molecular flexibility index (Phi) is 2.29. The third kappa shape index (κ3) is 1.76. The smallest absolute Gasteiger partial charge is 0.225 e. The minimum absolute atomic E-state index is 0.623. The van der Waals surface area contributed by atoms with Crippen LogP contribution < -0.4 is 10.2 Å². The molecular weight excluding hydrogens is 204 g/mol. The van der Waals surface area contributed by atoms with E-state index >= 15 is 0 Å². The van der Waals surface area contributed by atoms with Gasteiger partial charge in [0, 0.05) is 44.1 Å². The Bertz CT molecular complexity index is 368. The van der Waals surface area contributed by atoms with Crippen LogP contribution in [0.15, 0.2) is 12.4 Å². The van der Waals surface area contributed by atoms with Crippen molar-refractivity contribution in [2.24, 2.45) is 0 Å². The number of piperazine rings is 1. The van der Waals surface area contributed by atoms with Crippen LogP contribution in [0.3, 0.4) is 0 Å². The summed E-state index contributed by atoms with van der Waals surface area (Å²) in [6.45, 7) is 3.86. The van der Waals surface area contributed by atoms with Crippen molar-refractivity contribution in [1.82, 2.24) is 15.3 Å². The lowest BCUT2D eigenvalue weighted by atomic mass is 10.2. The molecule has 0 unspecified atom stereocenters. The van der Waals surface area contributed by atoms with E-state index in [1.54, 1.807) is 12.4 Å². The summed E-state index contributed by atoms with van der Waals surface area (Å²) in [5.41, 5.74) is 0.230. The van der Waals surface area contributed by atoms with Crippen molar-refractivity contribution in [1.29, 1.82) is 0 Å². The summed E-state index contributed by atoms with van der Waals surface area (Å²) in [5.74, 6) is 0.773. The zero-order chi connectivity index (χ0) is 11.0. The first-order valence-electron chi connectivity index (χ1n) is 5.78. The molecule has 16 heavy (non-hydrogen) atoms. The molecular formula is C11H16N4O. The predicted octanol–water partition coefficient (Wildman–Crippen LogP) is -0.132. The van der Waals surface area contributed by atoms with Gasteiger partial charge < -0.3 is 15.3 Å². The number of nitrogens with one attached hydrogen (secondary N) is 1. The molecule has 2 aliphatic rings. The van der Waals surface area contributed by atoms with Gasteiger partial charge in [0.25, 0.3) is 0 Å². The molecule has 1 aromatic rings. The molecule has 0 radical (unpaired) electrons. The molecule has 2 heterocycles. The molecule has 5 heteroatoms. The summed E-state index contributed by atoms with van der Waals surface area (Å²) in [5, 5.41) is 13.2. The molecule has 0 atom stereocenters. The molecule has 5 nitrogen and oxygen atoms in total. The largest absolute Gasteiger partial charge is 0.385 e. The van der Waals surface area contributed by atoms with E-state index in [4.69, 9.17) is 0 Å². The van der Waals surface area contributed by atoms with E-state index in [0.29, 0.717) is 0 Å². The van der Waals surface area contributed by atoms with Crippen molar-refractivity contribution in [3.63, 3.8) is 0 Å². The van der Waals surface area contributed by atoms with Crippen LogP contribution in [0.2, 0.25) is 0 Å². The van der Waals surface area contributed by atoms with Gasteiger partial charge in [-0.3, -0.25) is 0 Å². The zero-order valence-corrected chi connectivity index (χ0v) is 9.19. The first kappa shape index (κ1) is 9.99. The zero-order valence-electron chi connectivity index (χ0n) is 9.19. The third-order valence-electron chi connectivity index (χ3n) is 3.30. The standard InChI is InChI=1S/C11H16N4O/c16-11(1-2-11)9-7-13-10(14-8-9)15-5-3-12-4-6-15/h7-8,12,16H,1-6H2. The third-order valence-corrected chi connectivity index (χ3v) is 3.30. The van der Waals surface area contributed by atoms with Crippen molar-refractivity contribution in [2.75, 3.05) is 31.1 Å². The fraction of sp³-hybridized carbons (Fsp3) is 0.636. The second kappa shape index (κ2) is 3.68. The van der Waals surface area contributed by atoms with Crippen LogP contribution in [0.5, 0.6) is 0 Å². The minimum atomic E-state index is -0.623. The van der Waals surface area contributed by atoms with Crippen LogP contribution in [-0.2, 0) is 5.60 Å². The van der Waals surface area contributed by atoms with Crippen molar-refractivity contribution in [2.45, 2.75) is 18.4 Å². The van der Waals surface area contributed by atoms with Gasteiger partial charge in [0.1, 0.15) is 0 Å². The quantitative estimate of drug-likeness (QED) is 0.727. The SMILES string of the molecule is OC1(c2cnc(N3CCNCC3)nc2)CC1. The molecule has 3 rings (SSSR count). The van der Waals surface area contributed by atoms with Crippen molar-refractivity contribution in [3.05, 3.63) is 18.0 Å². The maximum Gasteiger partial charge on any atom is 0.225 e. The Morgan fingerprint density at radius 2 is 1.81 bits per heavy atom. The van der Waals surface area contributed by atoms with Gasteiger partial charge in [-0.2, -0.15) is 0 Å². The summed E-state index contributed by atoms with van der Waals surface area (Å²) in [7, 11) is 0. The summed E-state index contributed by atoms with van der Waals surface area (Å²) in [6.07, 6.45) is 5.20. The highest BCUT2D eigenvalue weighted by Gasteiger charge is 2.42. The number of aliphatic hydroxyl groups is 1. The average Bonchev–Trinajstić information content (AvgIpc) is 3.10. The fourth-order valence-corrected chi connectivity index (χ4v) is 2.00. The lowest BCUT2D eigenvalue weighted by Crippen LogP contribution is -2.44. The van der Waals surface area contributed by atoms with E-state index in [1.807, 2.05) is 0 Å². The molecule has 1 aliphatic heterocycles. The summed E-state index contributed by atoms with van der Waals surface area (Å²) < 4.78 is 0. The first-order chi connectivity index (χ1) is 7.78. The van der Waals surface area contributed by atoms with E-state index < -0.39 is 5.60 Å². The topological polar surface area (TPSA) is 61.3 Å². The molecule has 86 valence electrons. The maximum absolute atomic E-state index is 9.90. The number of aromatic nitrogens is 2. The highest BCUT2D eigenvalue weighted by Crippen LogP contribution is 2.44. The molecule has 0 amide bonds. The molecule has 1 saturated heterocycles. The monoisotopic (exact) mass is 220 g/mol. The van der Waals surface area contributed by atoms with Crippen LogP contribution in [0.25, 0.3) is 0 Å². The summed E-state index contributed by atoms with van der Waals surface area (Å²) in [6, 6.07) is 0. The molecule has 0 spiro atoms. The lowest BCUT2D eigenvalue weighted by molar-refractivity contribution is 0.150. The van der Waals surface area contributed by atoms with E-state index in [9.17, 15) is 5.11 Å². The summed E-state index contributed by atoms with van der Waals surface area (Å²) >= 11 is 0. The molecule has 2 fully saturated rings. The van der Waals surface area contributed by atoms with Crippen molar-refractivity contribution >= 4 is 5.95 Å². The molecule has 1 aliphatic carbocycles. The van der Waals surface area contributed by atoms with Crippen LogP contribution in [0.4, 0.5) is 5.95 Å². The maximum atomic E-state index is 9.90. The van der Waals surface area contributed by atoms with E-state index in [2.05, 4.69) is 20.2 Å². The van der Waals surface area contributed by atoms with Gasteiger partial charge in [0.2, 0.25) is 5.95 Å². The van der Waals surface area contributed by atoms with Crippen LogP contribution in [-0.4, -0.2) is 41.3 Å². The Morgan fingerprint density at radius 3 is 2.38 bits per heavy atom. The van der Waals surface area contributed by atoms with Crippen molar-refractivity contribution < 1.29 is 5.11 Å². The minimum Gasteiger partial charge on any atom is -0.385 e. The normalized spacial score (nSPS) is 23.2. The fourth-order valence-electron chi connectivity index (χ4n) is 2.00. The van der Waals surface area contributed by atoms with Gasteiger partial charge in [-0.1, -0.05) is 0 Å². The van der Waals surface area contributed by atoms with E-state index in [1.165, 1.54) is 0 Å². The number of hydrogen-bond donors (Lipinski definition) is 2. The Labute approximate surface area is 94.5 Å². The summed E-state index contributed by atoms with van der Waals surface area (Å²) in [4.78, 5) is 10.8. The number of rotatable bonds is 2. The van der Waals surface area contributed by atoms with Crippen LogP contribution in [0, 0.1) is 0 Å². The van der Waals surface area contributed by atoms with Gasteiger partial charge in [0.15, 0.2) is 0 Å². The first-order valence-corrected chi connectivity index (χ1v) is 5.78. The predicted molar refractivity (Wildman–Crippen MR) is 60.2 cm³/mol. The molecule has 1 aromatic heterocycles. The second-order valence-electron chi connectivity index (χ2n) is 4.54. The Morgan fingerprint density at radius 1 is 1.19 bits per heavy atom. The molecule has 0 bridgehead atoms. The molecule has 1 saturated carbocycles. The van der Waals surface area contributed by atoms with Gasteiger partial charge in [-0.15, -0.1) is 0 Å². The van der Waals surface area contributed by atoms with Gasteiger partial charge in [0.05, 0.1) is 5.60 Å². The number of anilines is 1. The van der Waals surface area contributed by atoms with Crippen LogP contribution >= 0.6 is 0 Å². The Hall–Kier alpha value is -1.20. The van der Waals surface area contributed by atoms with Gasteiger partial charge in [-0.25, -0.2) is 9.97 Å². The molecule has 0 aromatic carbocycles. The second-order valence-corrected chi connectivity index (χ2v) is 4.54. The molecule has 2 N–H and O–H groups in total.